The van der Waals surface area contributed by atoms with E-state index in [1.165, 1.54) is 23.1 Å². The van der Waals surface area contributed by atoms with Crippen LogP contribution in [0.15, 0.2) is 60.8 Å². The first kappa shape index (κ1) is 21.8. The number of nitrogens with one attached hydrogen (secondary N) is 2. The fourth-order valence-corrected chi connectivity index (χ4v) is 4.00. The second kappa shape index (κ2) is 10.3. The average Bonchev–Trinajstić information content (AvgIpc) is 3.45. The smallest absolute Gasteiger partial charge is 0.222 e. The van der Waals surface area contributed by atoms with Crippen molar-refractivity contribution < 1.29 is 9.18 Å². The quantitative estimate of drug-likeness (QED) is 0.325. The monoisotopic (exact) mass is 432 g/mol. The van der Waals surface area contributed by atoms with E-state index in [1.807, 2.05) is 36.3 Å². The topological polar surface area (TPSA) is 64.8 Å². The summed E-state index contributed by atoms with van der Waals surface area (Å²) in [7, 11) is 1.89. The SMILES string of the molecule is CN(CCCCCc1cc(-c2ccc(F)cc2)n[nH]1)C(=O)CCc1c[nH]c2ccccc12. The van der Waals surface area contributed by atoms with Crippen LogP contribution in [0, 0.1) is 5.82 Å². The molecule has 166 valence electrons. The van der Waals surface area contributed by atoms with E-state index in [1.54, 1.807) is 12.1 Å². The van der Waals surface area contributed by atoms with Crippen molar-refractivity contribution in [3.05, 3.63) is 77.9 Å². The molecule has 2 aromatic heterocycles. The molecular weight excluding hydrogens is 403 g/mol. The van der Waals surface area contributed by atoms with Gasteiger partial charge in [-0.2, -0.15) is 5.10 Å². The number of nitrogens with zero attached hydrogens (tertiary/aromatic N) is 2. The summed E-state index contributed by atoms with van der Waals surface area (Å²) in [5.74, 6) is -0.0567. The third kappa shape index (κ3) is 5.44. The molecule has 0 atom stereocenters. The number of unbranched alkanes of at least 4 members (excludes halogenated alkanes) is 2. The van der Waals surface area contributed by atoms with E-state index in [2.05, 4.69) is 27.3 Å². The Kier molecular flexibility index (Phi) is 7.00. The van der Waals surface area contributed by atoms with Crippen molar-refractivity contribution in [1.82, 2.24) is 20.1 Å². The summed E-state index contributed by atoms with van der Waals surface area (Å²) in [6, 6.07) is 16.6. The maximum atomic E-state index is 13.1. The van der Waals surface area contributed by atoms with Crippen molar-refractivity contribution in [3.63, 3.8) is 0 Å². The van der Waals surface area contributed by atoms with Crippen LogP contribution in [0.3, 0.4) is 0 Å². The molecule has 0 aliphatic rings. The van der Waals surface area contributed by atoms with Crippen LogP contribution in [0.25, 0.3) is 22.2 Å². The van der Waals surface area contributed by atoms with Crippen LogP contribution in [0.4, 0.5) is 4.39 Å². The van der Waals surface area contributed by atoms with E-state index in [-0.39, 0.29) is 11.7 Å². The maximum Gasteiger partial charge on any atom is 0.222 e. The molecule has 0 bridgehead atoms. The highest BCUT2D eigenvalue weighted by Gasteiger charge is 2.11. The van der Waals surface area contributed by atoms with Crippen LogP contribution in [-0.2, 0) is 17.6 Å². The van der Waals surface area contributed by atoms with Crippen LogP contribution in [0.5, 0.6) is 0 Å². The number of aromatic amines is 2. The minimum absolute atomic E-state index is 0.188. The number of carbonyl (C=O) groups excluding carboxylic acids is 1. The van der Waals surface area contributed by atoms with Gasteiger partial charge in [0, 0.05) is 48.4 Å². The maximum absolute atomic E-state index is 13.1. The fraction of sp³-hybridized carbons (Fsp3) is 0.308. The van der Waals surface area contributed by atoms with Gasteiger partial charge in [-0.15, -0.1) is 0 Å². The molecule has 32 heavy (non-hydrogen) atoms. The molecule has 2 N–H and O–H groups in total. The molecule has 1 amide bonds. The van der Waals surface area contributed by atoms with E-state index < -0.39 is 0 Å². The van der Waals surface area contributed by atoms with E-state index in [4.69, 9.17) is 0 Å². The predicted molar refractivity (Wildman–Crippen MR) is 126 cm³/mol. The molecule has 2 heterocycles. The van der Waals surface area contributed by atoms with Gasteiger partial charge in [-0.05, 0) is 67.6 Å². The summed E-state index contributed by atoms with van der Waals surface area (Å²) in [5.41, 5.74) is 5.13. The minimum Gasteiger partial charge on any atom is -0.361 e. The van der Waals surface area contributed by atoms with Gasteiger partial charge in [0.05, 0.1) is 5.69 Å². The number of H-pyrrole nitrogens is 2. The van der Waals surface area contributed by atoms with Gasteiger partial charge >= 0.3 is 0 Å². The Hall–Kier alpha value is -3.41. The zero-order valence-electron chi connectivity index (χ0n) is 18.4. The van der Waals surface area contributed by atoms with Crippen LogP contribution < -0.4 is 0 Å². The molecule has 0 spiro atoms. The molecule has 5 nitrogen and oxygen atoms in total. The first-order valence-corrected chi connectivity index (χ1v) is 11.2. The molecule has 0 saturated carbocycles. The molecule has 0 saturated heterocycles. The average molecular weight is 433 g/mol. The van der Waals surface area contributed by atoms with E-state index in [9.17, 15) is 9.18 Å². The second-order valence-corrected chi connectivity index (χ2v) is 8.27. The molecule has 4 aromatic rings. The Labute approximate surface area is 187 Å². The number of para-hydroxylation sites is 1. The van der Waals surface area contributed by atoms with Crippen LogP contribution in [0.1, 0.15) is 36.9 Å². The van der Waals surface area contributed by atoms with Crippen molar-refractivity contribution in [2.75, 3.05) is 13.6 Å². The summed E-state index contributed by atoms with van der Waals surface area (Å²) in [4.78, 5) is 17.6. The summed E-state index contributed by atoms with van der Waals surface area (Å²) in [5, 5.41) is 8.59. The van der Waals surface area contributed by atoms with Crippen LogP contribution in [-0.4, -0.2) is 39.6 Å². The number of benzene rings is 2. The predicted octanol–water partition coefficient (Wildman–Crippen LogP) is 5.50. The Balaban J connectivity index is 1.15. The summed E-state index contributed by atoms with van der Waals surface area (Å²) in [6.45, 7) is 0.774. The molecular formula is C26H29FN4O. The second-order valence-electron chi connectivity index (χ2n) is 8.27. The van der Waals surface area contributed by atoms with Gasteiger partial charge in [-0.1, -0.05) is 24.6 Å². The summed E-state index contributed by atoms with van der Waals surface area (Å²) >= 11 is 0. The van der Waals surface area contributed by atoms with Gasteiger partial charge in [0.2, 0.25) is 5.91 Å². The number of carbonyl (C=O) groups is 1. The highest BCUT2D eigenvalue weighted by molar-refractivity contribution is 5.84. The third-order valence-electron chi connectivity index (χ3n) is 5.92. The van der Waals surface area contributed by atoms with Crippen molar-refractivity contribution >= 4 is 16.8 Å². The van der Waals surface area contributed by atoms with E-state index in [0.717, 1.165) is 61.1 Å². The minimum atomic E-state index is -0.245. The first-order chi connectivity index (χ1) is 15.6. The number of rotatable bonds is 10. The number of fused-ring (bicyclic) bond motifs is 1. The normalized spacial score (nSPS) is 11.2. The lowest BCUT2D eigenvalue weighted by Crippen LogP contribution is -2.27. The van der Waals surface area contributed by atoms with Gasteiger partial charge in [-0.25, -0.2) is 4.39 Å². The highest BCUT2D eigenvalue weighted by atomic mass is 19.1. The molecule has 0 unspecified atom stereocenters. The Morgan fingerprint density at radius 3 is 2.69 bits per heavy atom. The lowest BCUT2D eigenvalue weighted by Gasteiger charge is -2.17. The first-order valence-electron chi connectivity index (χ1n) is 11.2. The number of aryl methyl sites for hydroxylation is 2. The highest BCUT2D eigenvalue weighted by Crippen LogP contribution is 2.20. The third-order valence-corrected chi connectivity index (χ3v) is 5.92. The number of hydrogen-bond donors (Lipinski definition) is 2. The molecule has 6 heteroatoms. The number of halogens is 1. The van der Waals surface area contributed by atoms with Gasteiger partial charge in [0.1, 0.15) is 5.82 Å². The number of hydrogen-bond acceptors (Lipinski definition) is 2. The van der Waals surface area contributed by atoms with Gasteiger partial charge in [0.25, 0.3) is 0 Å². The standard InChI is InChI=1S/C26H29FN4O/c1-31(26(32)15-12-20-18-28-24-9-5-4-8-23(20)24)16-6-2-3-7-22-17-25(30-29-22)19-10-13-21(27)14-11-19/h4-5,8-11,13-14,17-18,28H,2-3,6-7,12,15-16H2,1H3,(H,29,30). The van der Waals surface area contributed by atoms with Crippen molar-refractivity contribution in [1.29, 1.82) is 0 Å². The lowest BCUT2D eigenvalue weighted by molar-refractivity contribution is -0.129. The van der Waals surface area contributed by atoms with E-state index in [0.29, 0.717) is 6.42 Å². The zero-order valence-corrected chi connectivity index (χ0v) is 18.4. The Morgan fingerprint density at radius 2 is 1.84 bits per heavy atom. The van der Waals surface area contributed by atoms with Crippen molar-refractivity contribution in [2.45, 2.75) is 38.5 Å². The Bertz CT molecular complexity index is 1160. The molecule has 0 radical (unpaired) electrons. The molecule has 4 rings (SSSR count). The largest absolute Gasteiger partial charge is 0.361 e. The number of aromatic nitrogens is 3. The molecule has 2 aromatic carbocycles. The Morgan fingerprint density at radius 1 is 1.03 bits per heavy atom. The summed E-state index contributed by atoms with van der Waals surface area (Å²) < 4.78 is 13.1. The van der Waals surface area contributed by atoms with Crippen molar-refractivity contribution in [3.8, 4) is 11.3 Å². The van der Waals surface area contributed by atoms with Gasteiger partial charge in [-0.3, -0.25) is 9.89 Å². The summed E-state index contributed by atoms with van der Waals surface area (Å²) in [6.07, 6.45) is 7.26. The zero-order chi connectivity index (χ0) is 22.3. The van der Waals surface area contributed by atoms with Gasteiger partial charge in [0.15, 0.2) is 0 Å². The van der Waals surface area contributed by atoms with Crippen LogP contribution >= 0.6 is 0 Å². The van der Waals surface area contributed by atoms with Crippen molar-refractivity contribution in [2.24, 2.45) is 0 Å². The fourth-order valence-electron chi connectivity index (χ4n) is 4.00. The molecule has 0 aliphatic carbocycles. The van der Waals surface area contributed by atoms with Crippen LogP contribution in [0.2, 0.25) is 0 Å². The molecule has 0 aliphatic heterocycles. The lowest BCUT2D eigenvalue weighted by atomic mass is 10.1. The molecule has 0 fully saturated rings. The number of amides is 1. The van der Waals surface area contributed by atoms with E-state index >= 15 is 0 Å². The van der Waals surface area contributed by atoms with Gasteiger partial charge < -0.3 is 9.88 Å².